The van der Waals surface area contributed by atoms with Crippen molar-refractivity contribution in [1.29, 1.82) is 0 Å². The third kappa shape index (κ3) is 3.52. The Balaban J connectivity index is 2.09. The molecule has 0 bridgehead atoms. The molecule has 106 valence electrons. The molecule has 0 atom stereocenters. The molecule has 2 rings (SSSR count). The number of hydrogen-bond acceptors (Lipinski definition) is 6. The second-order valence-electron chi connectivity index (χ2n) is 4.02. The van der Waals surface area contributed by atoms with Crippen molar-refractivity contribution < 1.29 is 14.2 Å². The first-order valence-electron chi connectivity index (χ1n) is 6.02. The van der Waals surface area contributed by atoms with Gasteiger partial charge in [0.2, 0.25) is 0 Å². The highest BCUT2D eigenvalue weighted by Gasteiger charge is 2.04. The van der Waals surface area contributed by atoms with Gasteiger partial charge in [0, 0.05) is 24.4 Å². The number of aromatic nitrogens is 1. The summed E-state index contributed by atoms with van der Waals surface area (Å²) in [4.78, 5) is 4.20. The fraction of sp³-hybridized carbons (Fsp3) is 0.214. The zero-order valence-electron chi connectivity index (χ0n) is 11.4. The molecule has 3 N–H and O–H groups in total. The number of anilines is 1. The lowest BCUT2D eigenvalue weighted by Gasteiger charge is -2.10. The molecule has 0 fully saturated rings. The van der Waals surface area contributed by atoms with Gasteiger partial charge >= 0.3 is 0 Å². The molecule has 0 aliphatic rings. The van der Waals surface area contributed by atoms with Crippen LogP contribution in [0, 0.1) is 0 Å². The number of methoxy groups -OCH3 is 2. The minimum Gasteiger partial charge on any atom is -0.496 e. The number of benzene rings is 1. The zero-order valence-corrected chi connectivity index (χ0v) is 11.4. The predicted molar refractivity (Wildman–Crippen MR) is 75.9 cm³/mol. The average Bonchev–Trinajstić information content (AvgIpc) is 2.52. The second kappa shape index (κ2) is 6.63. The minimum absolute atomic E-state index is 0.325. The van der Waals surface area contributed by atoms with Crippen LogP contribution in [0.3, 0.4) is 0 Å². The quantitative estimate of drug-likeness (QED) is 0.620. The summed E-state index contributed by atoms with van der Waals surface area (Å²) in [6, 6.07) is 8.95. The summed E-state index contributed by atoms with van der Waals surface area (Å²) in [5, 5.41) is 0. The van der Waals surface area contributed by atoms with Gasteiger partial charge in [-0.2, -0.15) is 0 Å². The topological polar surface area (TPSA) is 78.6 Å². The van der Waals surface area contributed by atoms with Crippen molar-refractivity contribution >= 4 is 5.69 Å². The zero-order chi connectivity index (χ0) is 14.4. The van der Waals surface area contributed by atoms with Gasteiger partial charge in [-0.3, -0.25) is 10.8 Å². The summed E-state index contributed by atoms with van der Waals surface area (Å²) in [6.07, 6.45) is 1.67. The Morgan fingerprint density at radius 3 is 2.30 bits per heavy atom. The Bertz CT molecular complexity index is 553. The van der Waals surface area contributed by atoms with E-state index < -0.39 is 0 Å². The molecule has 0 spiro atoms. The summed E-state index contributed by atoms with van der Waals surface area (Å²) < 4.78 is 16.1. The predicted octanol–water partition coefficient (Wildman–Crippen LogP) is 1.96. The van der Waals surface area contributed by atoms with E-state index in [0.717, 1.165) is 11.4 Å². The Labute approximate surface area is 117 Å². The minimum atomic E-state index is 0.325. The monoisotopic (exact) mass is 275 g/mol. The van der Waals surface area contributed by atoms with Crippen LogP contribution in [0.5, 0.6) is 17.2 Å². The number of nitrogens with zero attached hydrogens (tertiary/aromatic N) is 1. The Morgan fingerprint density at radius 1 is 1.05 bits per heavy atom. The Morgan fingerprint density at radius 2 is 1.70 bits per heavy atom. The van der Waals surface area contributed by atoms with Gasteiger partial charge in [0.05, 0.1) is 25.6 Å². The molecule has 0 saturated heterocycles. The first-order chi connectivity index (χ1) is 9.75. The number of ether oxygens (including phenoxy) is 3. The van der Waals surface area contributed by atoms with E-state index in [0.29, 0.717) is 23.9 Å². The van der Waals surface area contributed by atoms with Gasteiger partial charge in [0.25, 0.3) is 0 Å². The molecule has 2 aromatic rings. The van der Waals surface area contributed by atoms with Gasteiger partial charge in [-0.05, 0) is 12.1 Å². The first kappa shape index (κ1) is 14.0. The van der Waals surface area contributed by atoms with Gasteiger partial charge in [-0.15, -0.1) is 0 Å². The molecule has 20 heavy (non-hydrogen) atoms. The van der Waals surface area contributed by atoms with Crippen LogP contribution in [-0.4, -0.2) is 19.2 Å². The summed E-state index contributed by atoms with van der Waals surface area (Å²) >= 11 is 0. The van der Waals surface area contributed by atoms with Crippen LogP contribution in [0.25, 0.3) is 0 Å². The van der Waals surface area contributed by atoms with Crippen molar-refractivity contribution in [2.45, 2.75) is 6.61 Å². The largest absolute Gasteiger partial charge is 0.496 e. The molecular formula is C14H17N3O3. The van der Waals surface area contributed by atoms with Crippen LogP contribution in [0.1, 0.15) is 5.69 Å². The number of rotatable bonds is 6. The van der Waals surface area contributed by atoms with Crippen molar-refractivity contribution in [2.75, 3.05) is 19.6 Å². The van der Waals surface area contributed by atoms with E-state index in [2.05, 4.69) is 10.4 Å². The lowest BCUT2D eigenvalue weighted by atomic mass is 10.3. The molecule has 1 heterocycles. The number of hydrogen-bond donors (Lipinski definition) is 2. The van der Waals surface area contributed by atoms with E-state index in [1.807, 2.05) is 6.07 Å². The van der Waals surface area contributed by atoms with Gasteiger partial charge in [0.1, 0.15) is 23.9 Å². The van der Waals surface area contributed by atoms with Gasteiger partial charge in [0.15, 0.2) is 0 Å². The number of nitrogen functional groups attached to an aromatic ring is 1. The molecule has 0 aliphatic carbocycles. The van der Waals surface area contributed by atoms with E-state index in [1.54, 1.807) is 44.7 Å². The van der Waals surface area contributed by atoms with Crippen LogP contribution in [-0.2, 0) is 6.61 Å². The molecular weight excluding hydrogens is 258 g/mol. The smallest absolute Gasteiger partial charge is 0.130 e. The maximum atomic E-state index is 5.69. The maximum Gasteiger partial charge on any atom is 0.130 e. The van der Waals surface area contributed by atoms with Crippen molar-refractivity contribution in [2.24, 2.45) is 5.84 Å². The third-order valence-corrected chi connectivity index (χ3v) is 2.69. The van der Waals surface area contributed by atoms with Crippen LogP contribution in [0.4, 0.5) is 5.69 Å². The highest BCUT2D eigenvalue weighted by atomic mass is 16.5. The summed E-state index contributed by atoms with van der Waals surface area (Å²) in [5.41, 5.74) is 4.11. The number of hydrazine groups is 1. The van der Waals surface area contributed by atoms with E-state index in [4.69, 9.17) is 20.1 Å². The van der Waals surface area contributed by atoms with Gasteiger partial charge in [-0.1, -0.05) is 0 Å². The third-order valence-electron chi connectivity index (χ3n) is 2.69. The second-order valence-corrected chi connectivity index (χ2v) is 4.02. The van der Waals surface area contributed by atoms with Gasteiger partial charge < -0.3 is 19.6 Å². The Kier molecular flexibility index (Phi) is 4.62. The summed E-state index contributed by atoms with van der Waals surface area (Å²) in [7, 11) is 3.19. The average molecular weight is 275 g/mol. The lowest BCUT2D eigenvalue weighted by Crippen LogP contribution is -2.08. The number of nitrogens with one attached hydrogen (secondary N) is 1. The van der Waals surface area contributed by atoms with Crippen molar-refractivity contribution in [3.63, 3.8) is 0 Å². The first-order valence-corrected chi connectivity index (χ1v) is 6.02. The molecule has 6 heteroatoms. The van der Waals surface area contributed by atoms with Crippen molar-refractivity contribution in [3.05, 3.63) is 42.2 Å². The molecule has 0 amide bonds. The molecule has 0 saturated carbocycles. The molecule has 0 aliphatic heterocycles. The van der Waals surface area contributed by atoms with Crippen molar-refractivity contribution in [1.82, 2.24) is 4.98 Å². The maximum absolute atomic E-state index is 5.69. The SMILES string of the molecule is COc1cc(OC)cc(OCc2cc(NN)ccn2)c1. The van der Waals surface area contributed by atoms with E-state index in [1.165, 1.54) is 0 Å². The van der Waals surface area contributed by atoms with E-state index >= 15 is 0 Å². The summed E-state index contributed by atoms with van der Waals surface area (Å²) in [5.74, 6) is 7.34. The molecule has 6 nitrogen and oxygen atoms in total. The van der Waals surface area contributed by atoms with Crippen LogP contribution < -0.4 is 25.5 Å². The highest BCUT2D eigenvalue weighted by Crippen LogP contribution is 2.27. The van der Waals surface area contributed by atoms with Crippen LogP contribution in [0.2, 0.25) is 0 Å². The van der Waals surface area contributed by atoms with Crippen LogP contribution >= 0.6 is 0 Å². The molecule has 0 unspecified atom stereocenters. The molecule has 1 aromatic carbocycles. The lowest BCUT2D eigenvalue weighted by molar-refractivity contribution is 0.296. The van der Waals surface area contributed by atoms with E-state index in [9.17, 15) is 0 Å². The van der Waals surface area contributed by atoms with Crippen LogP contribution in [0.15, 0.2) is 36.5 Å². The fourth-order valence-corrected chi connectivity index (χ4v) is 1.67. The summed E-state index contributed by atoms with van der Waals surface area (Å²) in [6.45, 7) is 0.325. The van der Waals surface area contributed by atoms with Crippen molar-refractivity contribution in [3.8, 4) is 17.2 Å². The fourth-order valence-electron chi connectivity index (χ4n) is 1.67. The molecule has 0 radical (unpaired) electrons. The normalized spacial score (nSPS) is 9.95. The number of pyridine rings is 1. The number of nitrogens with two attached hydrogens (primary N) is 1. The molecule has 1 aromatic heterocycles. The standard InChI is InChI=1S/C14H17N3O3/c1-18-12-6-13(19-2)8-14(7-12)20-9-11-5-10(17-15)3-4-16-11/h3-8H,9,15H2,1-2H3,(H,16,17). The Hall–Kier alpha value is -2.47. The van der Waals surface area contributed by atoms with Gasteiger partial charge in [-0.25, -0.2) is 0 Å². The highest BCUT2D eigenvalue weighted by molar-refractivity contribution is 5.43. The van der Waals surface area contributed by atoms with E-state index in [-0.39, 0.29) is 0 Å².